The summed E-state index contributed by atoms with van der Waals surface area (Å²) < 4.78 is 31.7. The third-order valence-electron chi connectivity index (χ3n) is 3.33. The average molecular weight is 405 g/mol. The third-order valence-corrected chi connectivity index (χ3v) is 3.33. The molecule has 0 atom stereocenters. The largest absolute Gasteiger partial charge is 0.490 e. The Bertz CT molecular complexity index is 997. The van der Waals surface area contributed by atoms with Crippen LogP contribution in [0.25, 0.3) is 11.3 Å². The summed E-state index contributed by atoms with van der Waals surface area (Å²) in [5.74, 6) is -3.23. The van der Waals surface area contributed by atoms with Gasteiger partial charge in [-0.3, -0.25) is 9.78 Å². The molecule has 2 heterocycles. The molecule has 1 aromatic carbocycles. The van der Waals surface area contributed by atoms with Gasteiger partial charge in [0.25, 0.3) is 5.91 Å². The molecule has 0 aliphatic carbocycles. The molecule has 0 saturated heterocycles. The number of nitrogens with one attached hydrogen (secondary N) is 1. The normalized spacial score (nSPS) is 10.4. The van der Waals surface area contributed by atoms with Gasteiger partial charge in [-0.05, 0) is 24.3 Å². The molecule has 0 unspecified atom stereocenters. The van der Waals surface area contributed by atoms with Crippen LogP contribution in [0.15, 0.2) is 61.3 Å². The molecule has 2 aromatic heterocycles. The Balaban J connectivity index is 0.000000370. The number of carboxylic acids is 1. The standard InChI is InChI=1S/C16H13N5O.C2HF3O2/c17-16(22)13-3-1-2-4-14(13)21-12-5-6-20-15(7-12)11-8-18-10-19-9-11;3-2(4,5)1(6)7/h1-10H,(H2,17,22)(H,20,21);(H,6,7). The number of aliphatic carboxylic acids is 1. The lowest BCUT2D eigenvalue weighted by atomic mass is 10.1. The molecule has 150 valence electrons. The van der Waals surface area contributed by atoms with Gasteiger partial charge < -0.3 is 16.2 Å². The Kier molecular flexibility index (Phi) is 6.80. The van der Waals surface area contributed by atoms with Crippen LogP contribution in [-0.2, 0) is 4.79 Å². The highest BCUT2D eigenvalue weighted by Crippen LogP contribution is 2.23. The molecule has 0 bridgehead atoms. The average Bonchev–Trinajstić information content (AvgIpc) is 2.69. The summed E-state index contributed by atoms with van der Waals surface area (Å²) in [6, 6.07) is 10.7. The molecule has 8 nitrogen and oxygen atoms in total. The number of hydrogen-bond acceptors (Lipinski definition) is 6. The van der Waals surface area contributed by atoms with Crippen LogP contribution in [0.1, 0.15) is 10.4 Å². The summed E-state index contributed by atoms with van der Waals surface area (Å²) in [6.45, 7) is 0. The quantitative estimate of drug-likeness (QED) is 0.608. The van der Waals surface area contributed by atoms with Crippen molar-refractivity contribution in [1.29, 1.82) is 0 Å². The van der Waals surface area contributed by atoms with E-state index in [-0.39, 0.29) is 0 Å². The predicted octanol–water partition coefficient (Wildman–Crippen LogP) is 3.01. The zero-order chi connectivity index (χ0) is 21.4. The molecule has 0 spiro atoms. The SMILES string of the molecule is NC(=O)c1ccccc1Nc1ccnc(-c2cncnc2)c1.O=C(O)C(F)(F)F. The Labute approximate surface area is 162 Å². The zero-order valence-corrected chi connectivity index (χ0v) is 14.6. The fourth-order valence-corrected chi connectivity index (χ4v) is 2.06. The van der Waals surface area contributed by atoms with Crippen LogP contribution in [0.2, 0.25) is 0 Å². The number of hydrogen-bond donors (Lipinski definition) is 3. The molecule has 1 amide bonds. The maximum absolute atomic E-state index is 11.5. The lowest BCUT2D eigenvalue weighted by Crippen LogP contribution is -2.21. The van der Waals surface area contributed by atoms with Gasteiger partial charge in [-0.2, -0.15) is 13.2 Å². The number of pyridine rings is 1. The van der Waals surface area contributed by atoms with Gasteiger partial charge in [0.05, 0.1) is 16.9 Å². The molecule has 0 fully saturated rings. The zero-order valence-electron chi connectivity index (χ0n) is 14.6. The van der Waals surface area contributed by atoms with E-state index in [1.165, 1.54) is 6.33 Å². The minimum absolute atomic E-state index is 0.434. The first-order valence-corrected chi connectivity index (χ1v) is 7.86. The smallest absolute Gasteiger partial charge is 0.475 e. The topological polar surface area (TPSA) is 131 Å². The predicted molar refractivity (Wildman–Crippen MR) is 97.2 cm³/mol. The molecule has 0 aliphatic heterocycles. The van der Waals surface area contributed by atoms with Crippen LogP contribution in [-0.4, -0.2) is 38.1 Å². The highest BCUT2D eigenvalue weighted by Gasteiger charge is 2.38. The molecule has 3 rings (SSSR count). The first-order valence-electron chi connectivity index (χ1n) is 7.86. The van der Waals surface area contributed by atoms with Gasteiger partial charge in [-0.1, -0.05) is 12.1 Å². The third kappa shape index (κ3) is 6.27. The van der Waals surface area contributed by atoms with Crippen LogP contribution in [0.4, 0.5) is 24.5 Å². The fraction of sp³-hybridized carbons (Fsp3) is 0.0556. The summed E-state index contributed by atoms with van der Waals surface area (Å²) >= 11 is 0. The van der Waals surface area contributed by atoms with Gasteiger partial charge in [-0.15, -0.1) is 0 Å². The van der Waals surface area contributed by atoms with E-state index in [9.17, 15) is 18.0 Å². The summed E-state index contributed by atoms with van der Waals surface area (Å²) in [5, 5.41) is 10.3. The van der Waals surface area contributed by atoms with Crippen LogP contribution in [0, 0.1) is 0 Å². The highest BCUT2D eigenvalue weighted by molar-refractivity contribution is 5.99. The van der Waals surface area contributed by atoms with Crippen molar-refractivity contribution >= 4 is 23.3 Å². The van der Waals surface area contributed by atoms with Gasteiger partial charge in [0.1, 0.15) is 6.33 Å². The molecule has 0 aliphatic rings. The Morgan fingerprint density at radius 2 is 1.69 bits per heavy atom. The summed E-state index contributed by atoms with van der Waals surface area (Å²) in [6.07, 6.45) is 1.44. The summed E-state index contributed by atoms with van der Waals surface area (Å²) in [5.41, 5.74) is 8.81. The number of aromatic nitrogens is 3. The molecular weight excluding hydrogens is 391 g/mol. The number of rotatable bonds is 4. The number of primary amides is 1. The first kappa shape index (κ1) is 21.3. The number of carbonyl (C=O) groups is 2. The first-order chi connectivity index (χ1) is 13.7. The Morgan fingerprint density at radius 3 is 2.28 bits per heavy atom. The second-order valence-electron chi connectivity index (χ2n) is 5.39. The Morgan fingerprint density at radius 1 is 1.07 bits per heavy atom. The van der Waals surface area contributed by atoms with Gasteiger partial charge >= 0.3 is 12.1 Å². The van der Waals surface area contributed by atoms with Crippen molar-refractivity contribution in [1.82, 2.24) is 15.0 Å². The molecule has 4 N–H and O–H groups in total. The van der Waals surface area contributed by atoms with Crippen LogP contribution >= 0.6 is 0 Å². The number of carboxylic acid groups (broad SMARTS) is 1. The number of halogens is 3. The van der Waals surface area contributed by atoms with Crippen molar-refractivity contribution in [2.24, 2.45) is 5.73 Å². The summed E-state index contributed by atoms with van der Waals surface area (Å²) in [7, 11) is 0. The van der Waals surface area contributed by atoms with Crippen molar-refractivity contribution in [3.63, 3.8) is 0 Å². The van der Waals surface area contributed by atoms with Crippen LogP contribution < -0.4 is 11.1 Å². The van der Waals surface area contributed by atoms with Gasteiger partial charge in [0, 0.05) is 29.8 Å². The van der Waals surface area contributed by atoms with Gasteiger partial charge in [0.15, 0.2) is 0 Å². The highest BCUT2D eigenvalue weighted by atomic mass is 19.4. The van der Waals surface area contributed by atoms with E-state index < -0.39 is 18.1 Å². The number of amides is 1. The van der Waals surface area contributed by atoms with E-state index in [4.69, 9.17) is 15.6 Å². The minimum Gasteiger partial charge on any atom is -0.475 e. The molecule has 11 heteroatoms. The molecule has 3 aromatic rings. The lowest BCUT2D eigenvalue weighted by molar-refractivity contribution is -0.192. The molecule has 0 radical (unpaired) electrons. The van der Waals surface area contributed by atoms with E-state index in [1.807, 2.05) is 18.2 Å². The number of benzene rings is 1. The number of nitrogens with zero attached hydrogens (tertiary/aromatic N) is 3. The maximum atomic E-state index is 11.5. The van der Waals surface area contributed by atoms with Crippen molar-refractivity contribution in [3.8, 4) is 11.3 Å². The van der Waals surface area contributed by atoms with Crippen LogP contribution in [0.5, 0.6) is 0 Å². The molecule has 0 saturated carbocycles. The van der Waals surface area contributed by atoms with E-state index in [0.29, 0.717) is 11.3 Å². The molecular formula is C18H14F3N5O3. The van der Waals surface area contributed by atoms with E-state index in [1.54, 1.807) is 36.8 Å². The van der Waals surface area contributed by atoms with Crippen molar-refractivity contribution in [3.05, 3.63) is 66.9 Å². The number of alkyl halides is 3. The van der Waals surface area contributed by atoms with Gasteiger partial charge in [-0.25, -0.2) is 14.8 Å². The molecule has 29 heavy (non-hydrogen) atoms. The van der Waals surface area contributed by atoms with Crippen molar-refractivity contribution in [2.45, 2.75) is 6.18 Å². The number of nitrogens with two attached hydrogens (primary N) is 1. The second kappa shape index (κ2) is 9.26. The van der Waals surface area contributed by atoms with E-state index >= 15 is 0 Å². The maximum Gasteiger partial charge on any atom is 0.490 e. The van der Waals surface area contributed by atoms with E-state index in [0.717, 1.165) is 16.9 Å². The number of anilines is 2. The monoisotopic (exact) mass is 405 g/mol. The van der Waals surface area contributed by atoms with E-state index in [2.05, 4.69) is 20.3 Å². The van der Waals surface area contributed by atoms with Gasteiger partial charge in [0.2, 0.25) is 0 Å². The van der Waals surface area contributed by atoms with Crippen molar-refractivity contribution in [2.75, 3.05) is 5.32 Å². The van der Waals surface area contributed by atoms with Crippen molar-refractivity contribution < 1.29 is 27.9 Å². The minimum atomic E-state index is -5.08. The fourth-order valence-electron chi connectivity index (χ4n) is 2.06. The number of para-hydroxylation sites is 1. The lowest BCUT2D eigenvalue weighted by Gasteiger charge is -2.10. The Hall–Kier alpha value is -4.02. The number of carbonyl (C=O) groups excluding carboxylic acids is 1. The second-order valence-corrected chi connectivity index (χ2v) is 5.39. The van der Waals surface area contributed by atoms with Crippen LogP contribution in [0.3, 0.4) is 0 Å². The summed E-state index contributed by atoms with van der Waals surface area (Å²) in [4.78, 5) is 32.6.